The van der Waals surface area contributed by atoms with Gasteiger partial charge < -0.3 is 4.42 Å². The zero-order valence-corrected chi connectivity index (χ0v) is 18.9. The van der Waals surface area contributed by atoms with Gasteiger partial charge in [0.1, 0.15) is 11.3 Å². The molecule has 2 aromatic heterocycles. The van der Waals surface area contributed by atoms with Crippen molar-refractivity contribution in [3.05, 3.63) is 83.6 Å². The minimum atomic E-state index is -0.201. The summed E-state index contributed by atoms with van der Waals surface area (Å²) in [6.45, 7) is 9.05. The molecule has 32 heavy (non-hydrogen) atoms. The van der Waals surface area contributed by atoms with Crippen LogP contribution in [0.25, 0.3) is 44.6 Å². The van der Waals surface area contributed by atoms with Crippen LogP contribution in [0.5, 0.6) is 0 Å². The summed E-state index contributed by atoms with van der Waals surface area (Å²) in [7, 11) is 0. The molecule has 3 nitrogen and oxygen atoms in total. The van der Waals surface area contributed by atoms with Crippen LogP contribution in [-0.4, -0.2) is 9.97 Å². The van der Waals surface area contributed by atoms with Gasteiger partial charge in [-0.05, 0) is 41.7 Å². The first kappa shape index (κ1) is 19.2. The van der Waals surface area contributed by atoms with Crippen LogP contribution in [0.3, 0.4) is 0 Å². The quantitative estimate of drug-likeness (QED) is 0.304. The Bertz CT molecular complexity index is 1510. The van der Waals surface area contributed by atoms with E-state index in [2.05, 4.69) is 76.2 Å². The second-order valence-corrected chi connectivity index (χ2v) is 9.84. The normalized spacial score (nSPS) is 14.3. The van der Waals surface area contributed by atoms with E-state index >= 15 is 0 Å². The molecule has 3 aromatic carbocycles. The molecule has 0 amide bonds. The molecule has 0 atom stereocenters. The number of fused-ring (bicyclic) bond motifs is 6. The SMILES string of the molecule is CC(C)Cc1ccc2nc(-c3cccc4c3C(C)(C)c3c-4oc4ccccc34)ncc2c1. The van der Waals surface area contributed by atoms with Gasteiger partial charge in [0.05, 0.1) is 5.52 Å². The lowest BCUT2D eigenvalue weighted by molar-refractivity contribution is 0.619. The first-order valence-electron chi connectivity index (χ1n) is 11.4. The van der Waals surface area contributed by atoms with Crippen molar-refractivity contribution in [1.82, 2.24) is 9.97 Å². The number of aromatic nitrogens is 2. The maximum atomic E-state index is 6.34. The van der Waals surface area contributed by atoms with Gasteiger partial charge in [-0.2, -0.15) is 0 Å². The van der Waals surface area contributed by atoms with E-state index in [0.29, 0.717) is 5.92 Å². The highest BCUT2D eigenvalue weighted by Gasteiger charge is 2.42. The molecular formula is C29H26N2O. The fourth-order valence-corrected chi connectivity index (χ4v) is 5.39. The Morgan fingerprint density at radius 1 is 0.906 bits per heavy atom. The van der Waals surface area contributed by atoms with Gasteiger partial charge in [0.15, 0.2) is 5.82 Å². The van der Waals surface area contributed by atoms with Gasteiger partial charge in [-0.25, -0.2) is 9.97 Å². The lowest BCUT2D eigenvalue weighted by atomic mass is 9.79. The van der Waals surface area contributed by atoms with Crippen molar-refractivity contribution in [1.29, 1.82) is 0 Å². The van der Waals surface area contributed by atoms with Gasteiger partial charge >= 0.3 is 0 Å². The molecule has 0 fully saturated rings. The zero-order chi connectivity index (χ0) is 22.0. The highest BCUT2D eigenvalue weighted by Crippen LogP contribution is 2.55. The Balaban J connectivity index is 1.52. The summed E-state index contributed by atoms with van der Waals surface area (Å²) < 4.78 is 6.34. The summed E-state index contributed by atoms with van der Waals surface area (Å²) in [4.78, 5) is 9.78. The minimum Gasteiger partial charge on any atom is -0.456 e. The molecule has 158 valence electrons. The minimum absolute atomic E-state index is 0.201. The van der Waals surface area contributed by atoms with E-state index in [-0.39, 0.29) is 5.41 Å². The molecule has 0 aliphatic heterocycles. The first-order chi connectivity index (χ1) is 15.4. The maximum Gasteiger partial charge on any atom is 0.160 e. The maximum absolute atomic E-state index is 6.34. The third kappa shape index (κ3) is 2.74. The zero-order valence-electron chi connectivity index (χ0n) is 18.9. The van der Waals surface area contributed by atoms with Crippen LogP contribution in [0, 0.1) is 5.92 Å². The third-order valence-electron chi connectivity index (χ3n) is 6.68. The van der Waals surface area contributed by atoms with Gasteiger partial charge in [-0.1, -0.05) is 70.2 Å². The van der Waals surface area contributed by atoms with Gasteiger partial charge in [0, 0.05) is 39.1 Å². The molecule has 0 radical (unpaired) electrons. The number of nitrogens with zero attached hydrogens (tertiary/aromatic N) is 2. The van der Waals surface area contributed by atoms with Gasteiger partial charge in [0.25, 0.3) is 0 Å². The molecule has 3 heteroatoms. The van der Waals surface area contributed by atoms with Crippen molar-refractivity contribution < 1.29 is 4.42 Å². The molecule has 1 aliphatic rings. The molecule has 0 N–H and O–H groups in total. The molecule has 0 saturated carbocycles. The Hall–Kier alpha value is -3.46. The predicted molar refractivity (Wildman–Crippen MR) is 131 cm³/mol. The second-order valence-electron chi connectivity index (χ2n) is 9.84. The Morgan fingerprint density at radius 3 is 2.56 bits per heavy atom. The second kappa shape index (κ2) is 6.77. The summed E-state index contributed by atoms with van der Waals surface area (Å²) in [5, 5.41) is 2.28. The first-order valence-corrected chi connectivity index (χ1v) is 11.4. The Kier molecular flexibility index (Phi) is 4.07. The number of furan rings is 1. The smallest absolute Gasteiger partial charge is 0.160 e. The van der Waals surface area contributed by atoms with E-state index in [4.69, 9.17) is 14.4 Å². The summed E-state index contributed by atoms with van der Waals surface area (Å²) >= 11 is 0. The van der Waals surface area contributed by atoms with Crippen molar-refractivity contribution in [3.8, 4) is 22.7 Å². The number of hydrogen-bond acceptors (Lipinski definition) is 3. The molecular weight excluding hydrogens is 392 g/mol. The van der Waals surface area contributed by atoms with Crippen molar-refractivity contribution in [2.24, 2.45) is 5.92 Å². The highest BCUT2D eigenvalue weighted by molar-refractivity contribution is 5.96. The number of benzene rings is 3. The highest BCUT2D eigenvalue weighted by atomic mass is 16.3. The third-order valence-corrected chi connectivity index (χ3v) is 6.68. The van der Waals surface area contributed by atoms with E-state index in [1.54, 1.807) is 0 Å². The Labute approximate surface area is 188 Å². The molecule has 0 saturated heterocycles. The summed E-state index contributed by atoms with van der Waals surface area (Å²) in [6.07, 6.45) is 3.03. The van der Waals surface area contributed by atoms with Crippen LogP contribution in [0.4, 0.5) is 0 Å². The Morgan fingerprint density at radius 2 is 1.72 bits per heavy atom. The van der Waals surface area contributed by atoms with Crippen LogP contribution in [0.2, 0.25) is 0 Å². The van der Waals surface area contributed by atoms with Crippen LogP contribution < -0.4 is 0 Å². The predicted octanol–water partition coefficient (Wildman–Crippen LogP) is 7.55. The fourth-order valence-electron chi connectivity index (χ4n) is 5.39. The van der Waals surface area contributed by atoms with Gasteiger partial charge in [0.2, 0.25) is 0 Å². The average Bonchev–Trinajstić information content (AvgIpc) is 3.27. The number of hydrogen-bond donors (Lipinski definition) is 0. The van der Waals surface area contributed by atoms with Crippen molar-refractivity contribution in [2.75, 3.05) is 0 Å². The van der Waals surface area contributed by atoms with Gasteiger partial charge in [-0.15, -0.1) is 0 Å². The number of para-hydroxylation sites is 1. The van der Waals surface area contributed by atoms with E-state index in [0.717, 1.165) is 45.6 Å². The van der Waals surface area contributed by atoms with E-state index < -0.39 is 0 Å². The molecule has 0 spiro atoms. The summed E-state index contributed by atoms with van der Waals surface area (Å²) in [5.74, 6) is 2.38. The largest absolute Gasteiger partial charge is 0.456 e. The number of rotatable bonds is 3. The van der Waals surface area contributed by atoms with Crippen molar-refractivity contribution in [2.45, 2.75) is 39.5 Å². The summed E-state index contributed by atoms with van der Waals surface area (Å²) in [6, 6.07) is 21.3. The lowest BCUT2D eigenvalue weighted by Crippen LogP contribution is -2.16. The van der Waals surface area contributed by atoms with Crippen molar-refractivity contribution in [3.63, 3.8) is 0 Å². The molecule has 0 bridgehead atoms. The van der Waals surface area contributed by atoms with E-state index in [1.807, 2.05) is 18.3 Å². The van der Waals surface area contributed by atoms with Crippen molar-refractivity contribution >= 4 is 21.9 Å². The molecule has 6 rings (SSSR count). The lowest BCUT2D eigenvalue weighted by Gasteiger charge is -2.23. The van der Waals surface area contributed by atoms with Crippen LogP contribution in [-0.2, 0) is 11.8 Å². The van der Waals surface area contributed by atoms with E-state index in [1.165, 1.54) is 22.1 Å². The van der Waals surface area contributed by atoms with Crippen LogP contribution >= 0.6 is 0 Å². The average molecular weight is 419 g/mol. The topological polar surface area (TPSA) is 38.9 Å². The van der Waals surface area contributed by atoms with E-state index in [9.17, 15) is 0 Å². The van der Waals surface area contributed by atoms with Gasteiger partial charge in [-0.3, -0.25) is 0 Å². The molecule has 1 aliphatic carbocycles. The molecule has 2 heterocycles. The molecule has 5 aromatic rings. The van der Waals surface area contributed by atoms with Crippen LogP contribution in [0.1, 0.15) is 44.4 Å². The standard InChI is InChI=1S/C29H26N2O/c1-17(2)14-18-12-13-23-19(15-18)16-30-28(31-23)22-10-7-9-21-25(22)29(3,4)26-20-8-5-6-11-24(20)32-27(21)26/h5-13,15-17H,14H2,1-4H3. The fraction of sp³-hybridized carbons (Fsp3) is 0.241. The molecule has 0 unspecified atom stereocenters. The summed E-state index contributed by atoms with van der Waals surface area (Å²) in [5.41, 5.74) is 7.80. The monoisotopic (exact) mass is 418 g/mol. The van der Waals surface area contributed by atoms with Crippen LogP contribution in [0.15, 0.2) is 71.3 Å².